The van der Waals surface area contributed by atoms with Crippen LogP contribution in [0.2, 0.25) is 0 Å². The topological polar surface area (TPSA) is 34.5 Å². The Morgan fingerprint density at radius 1 is 1.56 bits per heavy atom. The van der Waals surface area contributed by atoms with Crippen molar-refractivity contribution in [3.8, 4) is 0 Å². The van der Waals surface area contributed by atoms with Crippen molar-refractivity contribution < 1.29 is 9.53 Å². The molecule has 1 aromatic heterocycles. The molecule has 4 nitrogen and oxygen atoms in total. The van der Waals surface area contributed by atoms with Crippen LogP contribution in [0.4, 0.5) is 0 Å². The number of ketones is 1. The Morgan fingerprint density at radius 2 is 2.31 bits per heavy atom. The molecule has 0 aliphatic carbocycles. The molecule has 0 radical (unpaired) electrons. The molecule has 0 bridgehead atoms. The first-order chi connectivity index (χ1) is 7.63. The first-order valence-electron chi connectivity index (χ1n) is 5.46. The zero-order chi connectivity index (χ0) is 12.0. The summed E-state index contributed by atoms with van der Waals surface area (Å²) in [5.74, 6) is 0.167. The molecule has 0 unspecified atom stereocenters. The molecule has 16 heavy (non-hydrogen) atoms. The fourth-order valence-electron chi connectivity index (χ4n) is 1.56. The summed E-state index contributed by atoms with van der Waals surface area (Å²) in [6.07, 6.45) is 4.69. The molecule has 1 aromatic rings. The van der Waals surface area contributed by atoms with Crippen molar-refractivity contribution in [3.05, 3.63) is 24.0 Å². The molecule has 0 aliphatic heterocycles. The molecule has 0 aliphatic rings. The molecule has 4 heteroatoms. The van der Waals surface area contributed by atoms with E-state index in [-0.39, 0.29) is 5.78 Å². The average molecular weight is 224 g/mol. The number of nitrogens with zero attached hydrogens (tertiary/aromatic N) is 2. The number of Topliss-reactive ketones (excluding diaryl/α,β-unsaturated/α-hetero) is 1. The van der Waals surface area contributed by atoms with Crippen LogP contribution >= 0.6 is 0 Å². The van der Waals surface area contributed by atoms with Crippen LogP contribution in [0.5, 0.6) is 0 Å². The van der Waals surface area contributed by atoms with Gasteiger partial charge < -0.3 is 9.30 Å². The van der Waals surface area contributed by atoms with Crippen LogP contribution in [-0.2, 0) is 11.8 Å². The van der Waals surface area contributed by atoms with Crippen LogP contribution in [0, 0.1) is 0 Å². The lowest BCUT2D eigenvalue weighted by Crippen LogP contribution is -2.27. The van der Waals surface area contributed by atoms with Gasteiger partial charge in [-0.05, 0) is 19.5 Å². The highest BCUT2D eigenvalue weighted by atomic mass is 16.5. The highest BCUT2D eigenvalue weighted by Gasteiger charge is 2.09. The molecule has 0 spiro atoms. The van der Waals surface area contributed by atoms with Crippen molar-refractivity contribution in [2.45, 2.75) is 6.42 Å². The number of rotatable bonds is 7. The number of aromatic nitrogens is 1. The van der Waals surface area contributed by atoms with E-state index in [9.17, 15) is 4.79 Å². The van der Waals surface area contributed by atoms with E-state index in [0.29, 0.717) is 6.54 Å². The number of carbonyl (C=O) groups is 1. The minimum Gasteiger partial charge on any atom is -0.385 e. The minimum absolute atomic E-state index is 0.167. The molecule has 0 N–H and O–H groups in total. The van der Waals surface area contributed by atoms with Crippen molar-refractivity contribution in [2.24, 2.45) is 7.05 Å². The van der Waals surface area contributed by atoms with Crippen molar-refractivity contribution in [3.63, 3.8) is 0 Å². The van der Waals surface area contributed by atoms with Gasteiger partial charge in [0, 0.05) is 45.3 Å². The molecule has 1 heterocycles. The summed E-state index contributed by atoms with van der Waals surface area (Å²) >= 11 is 0. The zero-order valence-corrected chi connectivity index (χ0v) is 10.3. The lowest BCUT2D eigenvalue weighted by Gasteiger charge is -2.14. The first kappa shape index (κ1) is 12.9. The SMILES string of the molecule is COCCCN(C)CC(=O)c1ccn(C)c1. The van der Waals surface area contributed by atoms with Crippen LogP contribution in [0.15, 0.2) is 18.5 Å². The molecule has 1 rings (SSSR count). The van der Waals surface area contributed by atoms with Crippen LogP contribution in [0.1, 0.15) is 16.8 Å². The van der Waals surface area contributed by atoms with Crippen LogP contribution < -0.4 is 0 Å². The smallest absolute Gasteiger partial charge is 0.178 e. The van der Waals surface area contributed by atoms with E-state index in [1.54, 1.807) is 7.11 Å². The van der Waals surface area contributed by atoms with E-state index >= 15 is 0 Å². The van der Waals surface area contributed by atoms with E-state index in [0.717, 1.165) is 25.1 Å². The largest absolute Gasteiger partial charge is 0.385 e. The van der Waals surface area contributed by atoms with Gasteiger partial charge in [0.25, 0.3) is 0 Å². The van der Waals surface area contributed by atoms with Gasteiger partial charge in [-0.3, -0.25) is 9.69 Å². The third-order valence-corrected chi connectivity index (χ3v) is 2.46. The fraction of sp³-hybridized carbons (Fsp3) is 0.583. The summed E-state index contributed by atoms with van der Waals surface area (Å²) in [5, 5.41) is 0. The van der Waals surface area contributed by atoms with Crippen molar-refractivity contribution in [1.29, 1.82) is 0 Å². The standard InChI is InChI=1S/C12H20N2O2/c1-13(6-4-8-16-3)10-12(15)11-5-7-14(2)9-11/h5,7,9H,4,6,8,10H2,1-3H3. The zero-order valence-electron chi connectivity index (χ0n) is 10.3. The summed E-state index contributed by atoms with van der Waals surface area (Å²) in [6.45, 7) is 2.09. The monoisotopic (exact) mass is 224 g/mol. The van der Waals surface area contributed by atoms with Gasteiger partial charge in [-0.25, -0.2) is 0 Å². The highest BCUT2D eigenvalue weighted by Crippen LogP contribution is 2.02. The maximum Gasteiger partial charge on any atom is 0.178 e. The maximum atomic E-state index is 11.8. The van der Waals surface area contributed by atoms with E-state index in [1.165, 1.54) is 0 Å². The Balaban J connectivity index is 2.33. The lowest BCUT2D eigenvalue weighted by atomic mass is 10.2. The quantitative estimate of drug-likeness (QED) is 0.515. The van der Waals surface area contributed by atoms with Gasteiger partial charge >= 0.3 is 0 Å². The predicted octanol–water partition coefficient (Wildman–Crippen LogP) is 1.18. The number of hydrogen-bond acceptors (Lipinski definition) is 3. The maximum absolute atomic E-state index is 11.8. The molecule has 0 saturated heterocycles. The van der Waals surface area contributed by atoms with E-state index in [4.69, 9.17) is 4.74 Å². The molecule has 90 valence electrons. The Bertz CT molecular complexity index is 334. The molecule has 0 saturated carbocycles. The summed E-state index contributed by atoms with van der Waals surface area (Å²) < 4.78 is 6.86. The summed E-state index contributed by atoms with van der Waals surface area (Å²) in [7, 11) is 5.56. The molecule has 0 atom stereocenters. The van der Waals surface area contributed by atoms with Gasteiger partial charge in [-0.1, -0.05) is 0 Å². The van der Waals surface area contributed by atoms with Crippen molar-refractivity contribution in [2.75, 3.05) is 33.9 Å². The second-order valence-corrected chi connectivity index (χ2v) is 4.07. The third kappa shape index (κ3) is 4.16. The van der Waals surface area contributed by atoms with Crippen molar-refractivity contribution >= 4 is 5.78 Å². The van der Waals surface area contributed by atoms with Gasteiger partial charge in [0.1, 0.15) is 0 Å². The van der Waals surface area contributed by atoms with Gasteiger partial charge in [0.15, 0.2) is 5.78 Å². The molecule has 0 aromatic carbocycles. The summed E-state index contributed by atoms with van der Waals surface area (Å²) in [4.78, 5) is 13.8. The van der Waals surface area contributed by atoms with Crippen LogP contribution in [0.25, 0.3) is 0 Å². The number of hydrogen-bond donors (Lipinski definition) is 0. The fourth-order valence-corrected chi connectivity index (χ4v) is 1.56. The van der Waals surface area contributed by atoms with E-state index in [1.807, 2.05) is 42.0 Å². The first-order valence-corrected chi connectivity index (χ1v) is 5.46. The number of aryl methyl sites for hydroxylation is 1. The molecular weight excluding hydrogens is 204 g/mol. The molecule has 0 amide bonds. The van der Waals surface area contributed by atoms with Gasteiger partial charge in [0.05, 0.1) is 6.54 Å². The van der Waals surface area contributed by atoms with Crippen LogP contribution in [-0.4, -0.2) is 49.1 Å². The predicted molar refractivity (Wildman–Crippen MR) is 63.7 cm³/mol. The van der Waals surface area contributed by atoms with Crippen LogP contribution in [0.3, 0.4) is 0 Å². The second kappa shape index (κ2) is 6.45. The number of ether oxygens (including phenoxy) is 1. The molecular formula is C12H20N2O2. The van der Waals surface area contributed by atoms with Gasteiger partial charge in [0.2, 0.25) is 0 Å². The minimum atomic E-state index is 0.167. The molecule has 0 fully saturated rings. The summed E-state index contributed by atoms with van der Waals surface area (Å²) in [6, 6.07) is 1.85. The normalized spacial score (nSPS) is 11.0. The number of likely N-dealkylation sites (N-methyl/N-ethyl adjacent to an activating group) is 1. The van der Waals surface area contributed by atoms with E-state index in [2.05, 4.69) is 0 Å². The number of methoxy groups -OCH3 is 1. The Hall–Kier alpha value is -1.13. The third-order valence-electron chi connectivity index (χ3n) is 2.46. The number of carbonyl (C=O) groups excluding carboxylic acids is 1. The second-order valence-electron chi connectivity index (χ2n) is 4.07. The Morgan fingerprint density at radius 3 is 2.88 bits per heavy atom. The Kier molecular flexibility index (Phi) is 5.22. The Labute approximate surface area is 96.8 Å². The van der Waals surface area contributed by atoms with Crippen molar-refractivity contribution in [1.82, 2.24) is 9.47 Å². The summed E-state index contributed by atoms with van der Waals surface area (Å²) in [5.41, 5.74) is 0.779. The highest BCUT2D eigenvalue weighted by molar-refractivity contribution is 5.97. The van der Waals surface area contributed by atoms with E-state index < -0.39 is 0 Å². The van der Waals surface area contributed by atoms with Gasteiger partial charge in [-0.2, -0.15) is 0 Å². The lowest BCUT2D eigenvalue weighted by molar-refractivity contribution is 0.0938. The van der Waals surface area contributed by atoms with Gasteiger partial charge in [-0.15, -0.1) is 0 Å². The average Bonchev–Trinajstić information content (AvgIpc) is 2.65.